The van der Waals surface area contributed by atoms with Crippen molar-refractivity contribution in [3.63, 3.8) is 0 Å². The largest absolute Gasteiger partial charge is 0.392 e. The Labute approximate surface area is 107 Å². The predicted octanol–water partition coefficient (Wildman–Crippen LogP) is 2.67. The molecular formula is C15H16N2O. The van der Waals surface area contributed by atoms with E-state index in [0.717, 1.165) is 29.8 Å². The number of nitrogens with one attached hydrogen (secondary N) is 1. The summed E-state index contributed by atoms with van der Waals surface area (Å²) in [6.07, 6.45) is 3.98. The fraction of sp³-hybridized carbons (Fsp3) is 0.267. The van der Waals surface area contributed by atoms with Crippen LogP contribution in [0, 0.1) is 0 Å². The molecule has 1 heterocycles. The number of aliphatic hydroxyl groups is 1. The summed E-state index contributed by atoms with van der Waals surface area (Å²) in [4.78, 5) is 4.47. The molecule has 0 aliphatic heterocycles. The van der Waals surface area contributed by atoms with Crippen LogP contribution in [0.3, 0.4) is 0 Å². The first-order chi connectivity index (χ1) is 8.88. The third-order valence-corrected chi connectivity index (χ3v) is 3.48. The number of rotatable bonds is 3. The standard InChI is InChI=1S/C15H16N2O/c18-10-12-4-1-2-6-13(12)17-14-8-7-11-5-3-9-16-15(11)14/h1-6,9,14,17-18H,7-8,10H2. The quantitative estimate of drug-likeness (QED) is 0.867. The number of aromatic nitrogens is 1. The molecule has 0 radical (unpaired) electrons. The minimum absolute atomic E-state index is 0.0605. The molecule has 1 unspecified atom stereocenters. The van der Waals surface area contributed by atoms with Crippen LogP contribution in [0.1, 0.15) is 29.3 Å². The predicted molar refractivity (Wildman–Crippen MR) is 71.3 cm³/mol. The van der Waals surface area contributed by atoms with E-state index in [9.17, 15) is 5.11 Å². The molecule has 3 rings (SSSR count). The van der Waals surface area contributed by atoms with Gasteiger partial charge in [0.15, 0.2) is 0 Å². The third-order valence-electron chi connectivity index (χ3n) is 3.48. The minimum atomic E-state index is 0.0605. The summed E-state index contributed by atoms with van der Waals surface area (Å²) < 4.78 is 0. The molecule has 0 amide bonds. The van der Waals surface area contributed by atoms with Crippen molar-refractivity contribution in [1.29, 1.82) is 0 Å². The average molecular weight is 240 g/mol. The highest BCUT2D eigenvalue weighted by Crippen LogP contribution is 2.32. The molecule has 18 heavy (non-hydrogen) atoms. The highest BCUT2D eigenvalue weighted by atomic mass is 16.3. The molecule has 1 aliphatic rings. The number of anilines is 1. The van der Waals surface area contributed by atoms with Crippen LogP contribution in [0.5, 0.6) is 0 Å². The van der Waals surface area contributed by atoms with Crippen LogP contribution in [0.25, 0.3) is 0 Å². The molecule has 1 aromatic heterocycles. The third kappa shape index (κ3) is 1.97. The van der Waals surface area contributed by atoms with Gasteiger partial charge >= 0.3 is 0 Å². The lowest BCUT2D eigenvalue weighted by atomic mass is 10.1. The van der Waals surface area contributed by atoms with E-state index in [1.54, 1.807) is 0 Å². The second kappa shape index (κ2) is 4.78. The van der Waals surface area contributed by atoms with Gasteiger partial charge < -0.3 is 10.4 Å². The molecular weight excluding hydrogens is 224 g/mol. The van der Waals surface area contributed by atoms with Gasteiger partial charge in [0.1, 0.15) is 0 Å². The van der Waals surface area contributed by atoms with Crippen molar-refractivity contribution in [2.45, 2.75) is 25.5 Å². The zero-order chi connectivity index (χ0) is 12.4. The molecule has 92 valence electrons. The number of para-hydroxylation sites is 1. The Kier molecular flexibility index (Phi) is 2.99. The maximum absolute atomic E-state index is 9.33. The number of aryl methyl sites for hydroxylation is 1. The zero-order valence-electron chi connectivity index (χ0n) is 10.1. The Morgan fingerprint density at radius 3 is 3.00 bits per heavy atom. The van der Waals surface area contributed by atoms with Gasteiger partial charge in [-0.2, -0.15) is 0 Å². The molecule has 1 aromatic carbocycles. The molecule has 2 N–H and O–H groups in total. The number of pyridine rings is 1. The number of hydrogen-bond acceptors (Lipinski definition) is 3. The molecule has 2 aromatic rings. The first-order valence-corrected chi connectivity index (χ1v) is 6.27. The van der Waals surface area contributed by atoms with E-state index in [0.29, 0.717) is 0 Å². The highest BCUT2D eigenvalue weighted by Gasteiger charge is 2.23. The summed E-state index contributed by atoms with van der Waals surface area (Å²) >= 11 is 0. The SMILES string of the molecule is OCc1ccccc1NC1CCc2cccnc21. The normalized spacial score (nSPS) is 17.5. The van der Waals surface area contributed by atoms with Crippen molar-refractivity contribution in [2.75, 3.05) is 5.32 Å². The van der Waals surface area contributed by atoms with E-state index in [1.165, 1.54) is 5.56 Å². The zero-order valence-corrected chi connectivity index (χ0v) is 10.1. The van der Waals surface area contributed by atoms with Gasteiger partial charge in [-0.15, -0.1) is 0 Å². The number of nitrogens with zero attached hydrogens (tertiary/aromatic N) is 1. The topological polar surface area (TPSA) is 45.1 Å². The van der Waals surface area contributed by atoms with Gasteiger partial charge in [0.25, 0.3) is 0 Å². The molecule has 1 atom stereocenters. The lowest BCUT2D eigenvalue weighted by molar-refractivity contribution is 0.282. The maximum atomic E-state index is 9.33. The maximum Gasteiger partial charge on any atom is 0.0701 e. The lowest BCUT2D eigenvalue weighted by Crippen LogP contribution is -2.10. The summed E-state index contributed by atoms with van der Waals surface area (Å²) in [5, 5.41) is 12.8. The van der Waals surface area contributed by atoms with Crippen LogP contribution in [0.2, 0.25) is 0 Å². The van der Waals surface area contributed by atoms with Crippen molar-refractivity contribution in [3.8, 4) is 0 Å². The Morgan fingerprint density at radius 2 is 2.11 bits per heavy atom. The number of benzene rings is 1. The van der Waals surface area contributed by atoms with Crippen LogP contribution in [0.15, 0.2) is 42.6 Å². The second-order valence-electron chi connectivity index (χ2n) is 4.60. The minimum Gasteiger partial charge on any atom is -0.392 e. The monoisotopic (exact) mass is 240 g/mol. The molecule has 0 spiro atoms. The summed E-state index contributed by atoms with van der Waals surface area (Å²) in [5.74, 6) is 0. The Morgan fingerprint density at radius 1 is 1.22 bits per heavy atom. The number of fused-ring (bicyclic) bond motifs is 1. The van der Waals surface area contributed by atoms with Gasteiger partial charge in [-0.3, -0.25) is 4.98 Å². The van der Waals surface area contributed by atoms with E-state index in [-0.39, 0.29) is 12.6 Å². The van der Waals surface area contributed by atoms with Crippen LogP contribution in [-0.4, -0.2) is 10.1 Å². The molecule has 0 bridgehead atoms. The van der Waals surface area contributed by atoms with Crippen LogP contribution < -0.4 is 5.32 Å². The average Bonchev–Trinajstić information content (AvgIpc) is 2.83. The number of aliphatic hydroxyl groups excluding tert-OH is 1. The van der Waals surface area contributed by atoms with E-state index < -0.39 is 0 Å². The smallest absolute Gasteiger partial charge is 0.0701 e. The van der Waals surface area contributed by atoms with E-state index in [2.05, 4.69) is 16.4 Å². The summed E-state index contributed by atoms with van der Waals surface area (Å²) in [6.45, 7) is 0.0605. The van der Waals surface area contributed by atoms with Crippen molar-refractivity contribution < 1.29 is 5.11 Å². The van der Waals surface area contributed by atoms with Crippen LogP contribution >= 0.6 is 0 Å². The van der Waals surface area contributed by atoms with Crippen molar-refractivity contribution in [2.24, 2.45) is 0 Å². The van der Waals surface area contributed by atoms with Crippen molar-refractivity contribution in [1.82, 2.24) is 4.98 Å². The van der Waals surface area contributed by atoms with Gasteiger partial charge in [-0.1, -0.05) is 24.3 Å². The van der Waals surface area contributed by atoms with Gasteiger partial charge in [0.2, 0.25) is 0 Å². The van der Waals surface area contributed by atoms with Crippen molar-refractivity contribution in [3.05, 3.63) is 59.4 Å². The fourth-order valence-corrected chi connectivity index (χ4v) is 2.54. The van der Waals surface area contributed by atoms with Crippen molar-refractivity contribution >= 4 is 5.69 Å². The van der Waals surface area contributed by atoms with Gasteiger partial charge in [-0.25, -0.2) is 0 Å². The first-order valence-electron chi connectivity index (χ1n) is 6.27. The van der Waals surface area contributed by atoms with Crippen LogP contribution in [-0.2, 0) is 13.0 Å². The summed E-state index contributed by atoms with van der Waals surface area (Å²) in [7, 11) is 0. The van der Waals surface area contributed by atoms with E-state index in [1.807, 2.05) is 36.5 Å². The molecule has 0 fully saturated rings. The Bertz CT molecular complexity index is 554. The lowest BCUT2D eigenvalue weighted by Gasteiger charge is -2.17. The van der Waals surface area contributed by atoms with Crippen LogP contribution in [0.4, 0.5) is 5.69 Å². The molecule has 1 aliphatic carbocycles. The molecule has 0 saturated heterocycles. The molecule has 0 saturated carbocycles. The Hall–Kier alpha value is -1.87. The molecule has 3 nitrogen and oxygen atoms in total. The van der Waals surface area contributed by atoms with Gasteiger partial charge in [0.05, 0.1) is 18.3 Å². The highest BCUT2D eigenvalue weighted by molar-refractivity contribution is 5.53. The molecule has 3 heteroatoms. The second-order valence-corrected chi connectivity index (χ2v) is 4.60. The fourth-order valence-electron chi connectivity index (χ4n) is 2.54. The first kappa shape index (κ1) is 11.2. The van der Waals surface area contributed by atoms with Gasteiger partial charge in [-0.05, 0) is 30.5 Å². The van der Waals surface area contributed by atoms with Gasteiger partial charge in [0, 0.05) is 17.4 Å². The summed E-state index contributed by atoms with van der Waals surface area (Å²) in [5.41, 5.74) is 4.41. The Balaban J connectivity index is 1.86. The van der Waals surface area contributed by atoms with E-state index >= 15 is 0 Å². The summed E-state index contributed by atoms with van der Waals surface area (Å²) in [6, 6.07) is 12.3. The number of hydrogen-bond donors (Lipinski definition) is 2. The van der Waals surface area contributed by atoms with E-state index in [4.69, 9.17) is 0 Å².